The molecule has 2 aliphatic rings. The van der Waals surface area contributed by atoms with E-state index in [1.54, 1.807) is 0 Å². The van der Waals surface area contributed by atoms with Gasteiger partial charge in [-0.3, -0.25) is 10.1 Å². The summed E-state index contributed by atoms with van der Waals surface area (Å²) in [5, 5.41) is 5.08. The van der Waals surface area contributed by atoms with Crippen LogP contribution in [0.5, 0.6) is 11.5 Å². The second-order valence-corrected chi connectivity index (χ2v) is 7.21. The van der Waals surface area contributed by atoms with Crippen molar-refractivity contribution in [3.63, 3.8) is 0 Å². The van der Waals surface area contributed by atoms with Gasteiger partial charge in [0.25, 0.3) is 5.91 Å². The molecule has 3 N–H and O–H groups in total. The number of fused-ring (bicyclic) bond motifs is 1. The molecule has 0 radical (unpaired) electrons. The third-order valence-corrected chi connectivity index (χ3v) is 4.72. The Hall–Kier alpha value is -2.28. The third kappa shape index (κ3) is 4.66. The lowest BCUT2D eigenvalue weighted by molar-refractivity contribution is -0.910. The largest absolute Gasteiger partial charge is 0.490 e. The fourth-order valence-corrected chi connectivity index (χ4v) is 3.60. The van der Waals surface area contributed by atoms with Gasteiger partial charge in [-0.15, -0.1) is 0 Å². The van der Waals surface area contributed by atoms with Crippen molar-refractivity contribution in [2.75, 3.05) is 26.3 Å². The Morgan fingerprint density at radius 1 is 1.19 bits per heavy atom. The smallest absolute Gasteiger partial charge is 0.321 e. The molecule has 1 aromatic carbocycles. The molecule has 1 unspecified atom stereocenters. The van der Waals surface area contributed by atoms with Gasteiger partial charge in [-0.05, 0) is 32.0 Å². The maximum atomic E-state index is 12.2. The Bertz CT molecular complexity index is 662. The van der Waals surface area contributed by atoms with Gasteiger partial charge < -0.3 is 19.7 Å². The molecule has 0 spiro atoms. The van der Waals surface area contributed by atoms with Crippen molar-refractivity contribution in [3.8, 4) is 11.5 Å². The van der Waals surface area contributed by atoms with E-state index in [0.717, 1.165) is 42.9 Å². The highest BCUT2D eigenvalue weighted by molar-refractivity contribution is 5.94. The summed E-state index contributed by atoms with van der Waals surface area (Å²) in [5.41, 5.74) is 1.15. The second-order valence-electron chi connectivity index (χ2n) is 7.21. The van der Waals surface area contributed by atoms with Crippen LogP contribution in [0.15, 0.2) is 18.2 Å². The number of quaternary nitrogens is 1. The van der Waals surface area contributed by atoms with Crippen molar-refractivity contribution < 1.29 is 24.0 Å². The minimum atomic E-state index is -0.435. The normalized spacial score (nSPS) is 22.0. The van der Waals surface area contributed by atoms with Gasteiger partial charge in [0.1, 0.15) is 6.04 Å². The van der Waals surface area contributed by atoms with Gasteiger partial charge in [0.05, 0.1) is 19.8 Å². The molecule has 1 saturated heterocycles. The molecule has 0 bridgehead atoms. The summed E-state index contributed by atoms with van der Waals surface area (Å²) < 4.78 is 11.5. The van der Waals surface area contributed by atoms with Crippen LogP contribution in [0.2, 0.25) is 0 Å². The highest BCUT2D eigenvalue weighted by Crippen LogP contribution is 2.33. The van der Waals surface area contributed by atoms with Crippen molar-refractivity contribution in [3.05, 3.63) is 23.8 Å². The number of hydrogen-bond donors (Lipinski definition) is 3. The molecular weight excluding hydrogens is 334 g/mol. The molecule has 7 heteroatoms. The van der Waals surface area contributed by atoms with E-state index in [0.29, 0.717) is 13.2 Å². The molecular formula is C19H28N3O4+. The first kappa shape index (κ1) is 18.5. The molecule has 3 rings (SSSR count). The molecule has 0 saturated carbocycles. The number of likely N-dealkylation sites (tertiary alicyclic amines) is 1. The zero-order valence-electron chi connectivity index (χ0n) is 15.5. The highest BCUT2D eigenvalue weighted by atomic mass is 16.5. The maximum absolute atomic E-state index is 12.2. The maximum Gasteiger partial charge on any atom is 0.321 e. The van der Waals surface area contributed by atoms with Crippen molar-refractivity contribution in [2.45, 2.75) is 45.2 Å². The summed E-state index contributed by atoms with van der Waals surface area (Å²) in [6.45, 7) is 6.24. The number of nitrogens with one attached hydrogen (secondary N) is 3. The molecule has 0 aromatic heterocycles. The summed E-state index contributed by atoms with van der Waals surface area (Å²) in [4.78, 5) is 25.1. The molecule has 7 nitrogen and oxygen atoms in total. The number of benzene rings is 1. The van der Waals surface area contributed by atoms with Crippen LogP contribution >= 0.6 is 0 Å². The summed E-state index contributed by atoms with van der Waals surface area (Å²) in [7, 11) is 0. The van der Waals surface area contributed by atoms with Crippen molar-refractivity contribution in [2.24, 2.45) is 0 Å². The topological polar surface area (TPSA) is 81.1 Å². The van der Waals surface area contributed by atoms with Gasteiger partial charge in [0.15, 0.2) is 18.0 Å². The summed E-state index contributed by atoms with van der Waals surface area (Å²) in [6, 6.07) is 5.85. The lowest BCUT2D eigenvalue weighted by Gasteiger charge is -2.22. The standard InChI is InChI=1S/C19H27N3O4/c1-13(2)20-19(24)21-18(23)12-22-8-3-5-15(22)14-6-7-16-17(11-14)26-10-4-9-25-16/h6-7,11,13,15H,3-5,8-10,12H2,1-2H3,(H2,20,21,23,24)/p+1/t15-/m1/s1. The van der Waals surface area contributed by atoms with E-state index in [2.05, 4.69) is 16.7 Å². The first-order valence-corrected chi connectivity index (χ1v) is 9.37. The Morgan fingerprint density at radius 3 is 2.73 bits per heavy atom. The van der Waals surface area contributed by atoms with Crippen molar-refractivity contribution in [1.82, 2.24) is 10.6 Å². The second kappa shape index (κ2) is 8.40. The quantitative estimate of drug-likeness (QED) is 0.740. The Labute approximate surface area is 154 Å². The van der Waals surface area contributed by atoms with Crippen LogP contribution in [-0.4, -0.2) is 44.3 Å². The molecule has 26 heavy (non-hydrogen) atoms. The van der Waals surface area contributed by atoms with Crippen LogP contribution in [0.4, 0.5) is 4.79 Å². The minimum Gasteiger partial charge on any atom is -0.490 e. The lowest BCUT2D eigenvalue weighted by Crippen LogP contribution is -3.11. The zero-order valence-corrected chi connectivity index (χ0v) is 15.5. The van der Waals surface area contributed by atoms with E-state index < -0.39 is 6.03 Å². The third-order valence-electron chi connectivity index (χ3n) is 4.72. The summed E-state index contributed by atoms with van der Waals surface area (Å²) in [5.74, 6) is 1.32. The van der Waals surface area contributed by atoms with Gasteiger partial charge in [0.2, 0.25) is 0 Å². The van der Waals surface area contributed by atoms with Crippen LogP contribution in [0.1, 0.15) is 44.7 Å². The van der Waals surface area contributed by atoms with E-state index in [1.165, 1.54) is 4.90 Å². The zero-order chi connectivity index (χ0) is 18.5. The number of carbonyl (C=O) groups excluding carboxylic acids is 2. The number of rotatable bonds is 4. The first-order chi connectivity index (χ1) is 12.5. The van der Waals surface area contributed by atoms with Crippen LogP contribution in [-0.2, 0) is 4.79 Å². The highest BCUT2D eigenvalue weighted by Gasteiger charge is 2.32. The molecule has 2 atom stereocenters. The predicted molar refractivity (Wildman–Crippen MR) is 96.5 cm³/mol. The molecule has 1 aromatic rings. The number of hydrogen-bond acceptors (Lipinski definition) is 4. The Balaban J connectivity index is 1.64. The average molecular weight is 362 g/mol. The van der Waals surface area contributed by atoms with Crippen LogP contribution < -0.4 is 25.0 Å². The fraction of sp³-hybridized carbons (Fsp3) is 0.579. The molecule has 1 fully saturated rings. The molecule has 2 heterocycles. The number of imide groups is 1. The van der Waals surface area contributed by atoms with Gasteiger partial charge in [0, 0.05) is 30.9 Å². The number of urea groups is 1. The van der Waals surface area contributed by atoms with E-state index in [1.807, 2.05) is 26.0 Å². The molecule has 3 amide bonds. The fourth-order valence-electron chi connectivity index (χ4n) is 3.60. The van der Waals surface area contributed by atoms with E-state index >= 15 is 0 Å². The number of amides is 3. The Kier molecular flexibility index (Phi) is 5.98. The van der Waals surface area contributed by atoms with Crippen LogP contribution in [0.25, 0.3) is 0 Å². The van der Waals surface area contributed by atoms with E-state index in [9.17, 15) is 9.59 Å². The number of carbonyl (C=O) groups is 2. The Morgan fingerprint density at radius 2 is 1.96 bits per heavy atom. The molecule has 2 aliphatic heterocycles. The van der Waals surface area contributed by atoms with Crippen LogP contribution in [0, 0.1) is 0 Å². The predicted octanol–water partition coefficient (Wildman–Crippen LogP) is 0.802. The summed E-state index contributed by atoms with van der Waals surface area (Å²) in [6.07, 6.45) is 2.95. The first-order valence-electron chi connectivity index (χ1n) is 9.37. The van der Waals surface area contributed by atoms with Crippen LogP contribution in [0.3, 0.4) is 0 Å². The number of ether oxygens (including phenoxy) is 2. The van der Waals surface area contributed by atoms with E-state index in [-0.39, 0.29) is 24.5 Å². The summed E-state index contributed by atoms with van der Waals surface area (Å²) >= 11 is 0. The molecule has 142 valence electrons. The minimum absolute atomic E-state index is 0.00326. The molecule has 0 aliphatic carbocycles. The monoisotopic (exact) mass is 362 g/mol. The van der Waals surface area contributed by atoms with Gasteiger partial charge in [-0.1, -0.05) is 0 Å². The SMILES string of the molecule is CC(C)NC(=O)NC(=O)C[NH+]1CCC[C@@H]1c1ccc2c(c1)OCCCO2. The van der Waals surface area contributed by atoms with Crippen molar-refractivity contribution in [1.29, 1.82) is 0 Å². The lowest BCUT2D eigenvalue weighted by atomic mass is 10.0. The van der Waals surface area contributed by atoms with E-state index in [4.69, 9.17) is 9.47 Å². The van der Waals surface area contributed by atoms with Crippen molar-refractivity contribution >= 4 is 11.9 Å². The van der Waals surface area contributed by atoms with Gasteiger partial charge in [-0.2, -0.15) is 0 Å². The average Bonchev–Trinajstić information content (AvgIpc) is 2.89. The van der Waals surface area contributed by atoms with Gasteiger partial charge >= 0.3 is 6.03 Å². The van der Waals surface area contributed by atoms with Gasteiger partial charge in [-0.25, -0.2) is 4.79 Å².